The highest BCUT2D eigenvalue weighted by Crippen LogP contribution is 2.76. The van der Waals surface area contributed by atoms with Gasteiger partial charge in [0.1, 0.15) is 6.79 Å². The lowest BCUT2D eigenvalue weighted by Crippen LogP contribution is -2.67. The minimum Gasteiger partial charge on any atom is -0.393 e. The van der Waals surface area contributed by atoms with Crippen molar-refractivity contribution in [2.45, 2.75) is 123 Å². The van der Waals surface area contributed by atoms with Crippen molar-refractivity contribution in [3.63, 3.8) is 0 Å². The molecule has 4 heteroatoms. The predicted octanol–water partition coefficient (Wildman–Crippen LogP) is 5.76. The highest BCUT2D eigenvalue weighted by atomic mass is 16.6. The molecule has 5 saturated carbocycles. The average Bonchev–Trinajstić information content (AvgIpc) is 3.16. The average molecular weight is 476 g/mol. The summed E-state index contributed by atoms with van der Waals surface area (Å²) in [6.45, 7) is 14.9. The summed E-state index contributed by atoms with van der Waals surface area (Å²) in [5.41, 5.74) is 0.860. The van der Waals surface area contributed by atoms with Gasteiger partial charge in [0.05, 0.1) is 11.7 Å². The monoisotopic (exact) mass is 475 g/mol. The van der Waals surface area contributed by atoms with Crippen LogP contribution >= 0.6 is 0 Å². The molecular weight excluding hydrogens is 422 g/mol. The van der Waals surface area contributed by atoms with Crippen molar-refractivity contribution in [3.05, 3.63) is 0 Å². The Bertz CT molecular complexity index is 785. The van der Waals surface area contributed by atoms with Gasteiger partial charge in [-0.2, -0.15) is 0 Å². The van der Waals surface area contributed by atoms with Crippen LogP contribution in [0.5, 0.6) is 0 Å². The summed E-state index contributed by atoms with van der Waals surface area (Å²) >= 11 is 0. The van der Waals surface area contributed by atoms with Gasteiger partial charge in [-0.25, -0.2) is 0 Å². The normalized spacial score (nSPS) is 55.0. The molecule has 9 unspecified atom stereocenters. The van der Waals surface area contributed by atoms with Crippen LogP contribution in [-0.2, 0) is 4.74 Å². The lowest BCUT2D eigenvalue weighted by atomic mass is 9.33. The first-order chi connectivity index (χ1) is 15.9. The fraction of sp³-hybridized carbons (Fsp3) is 1.00. The van der Waals surface area contributed by atoms with Gasteiger partial charge in [-0.1, -0.05) is 34.6 Å². The topological polar surface area (TPSA) is 61.7 Å². The molecule has 0 bridgehead atoms. The predicted molar refractivity (Wildman–Crippen MR) is 137 cm³/mol. The summed E-state index contributed by atoms with van der Waals surface area (Å²) in [6.07, 6.45) is 11.8. The minimum atomic E-state index is -0.157. The Morgan fingerprint density at radius 1 is 0.853 bits per heavy atom. The van der Waals surface area contributed by atoms with E-state index in [2.05, 4.69) is 53.9 Å². The number of nitrogens with one attached hydrogen (secondary N) is 1. The number of aliphatic hydroxyl groups is 2. The Hall–Kier alpha value is -0.160. The van der Waals surface area contributed by atoms with Gasteiger partial charge in [0.25, 0.3) is 0 Å². The molecule has 34 heavy (non-hydrogen) atoms. The third-order valence-electron chi connectivity index (χ3n) is 13.8. The molecule has 0 radical (unpaired) electrons. The van der Waals surface area contributed by atoms with Gasteiger partial charge in [-0.05, 0) is 129 Å². The molecule has 0 heterocycles. The van der Waals surface area contributed by atoms with Gasteiger partial charge < -0.3 is 20.3 Å². The van der Waals surface area contributed by atoms with Crippen LogP contribution in [0, 0.1) is 51.2 Å². The van der Waals surface area contributed by atoms with Crippen molar-refractivity contribution in [3.8, 4) is 0 Å². The van der Waals surface area contributed by atoms with Crippen molar-refractivity contribution in [2.75, 3.05) is 13.8 Å². The van der Waals surface area contributed by atoms with Crippen LogP contribution in [0.1, 0.15) is 106 Å². The zero-order valence-electron chi connectivity index (χ0n) is 23.1. The van der Waals surface area contributed by atoms with Crippen LogP contribution in [-0.4, -0.2) is 41.8 Å². The molecule has 5 aliphatic rings. The number of hydrogen-bond acceptors (Lipinski definition) is 4. The first-order valence-corrected chi connectivity index (χ1v) is 14.5. The van der Waals surface area contributed by atoms with Crippen molar-refractivity contribution < 1.29 is 14.9 Å². The molecule has 0 aromatic heterocycles. The number of aliphatic hydroxyl groups excluding tert-OH is 2. The van der Waals surface area contributed by atoms with Crippen molar-refractivity contribution in [2.24, 2.45) is 51.2 Å². The van der Waals surface area contributed by atoms with Crippen LogP contribution in [0.3, 0.4) is 0 Å². The molecule has 0 saturated heterocycles. The van der Waals surface area contributed by atoms with E-state index in [1.54, 1.807) is 0 Å². The largest absolute Gasteiger partial charge is 0.393 e. The lowest BCUT2D eigenvalue weighted by Gasteiger charge is -2.72. The maximum atomic E-state index is 10.9. The van der Waals surface area contributed by atoms with Gasteiger partial charge in [0.15, 0.2) is 0 Å². The zero-order chi connectivity index (χ0) is 24.7. The van der Waals surface area contributed by atoms with E-state index in [9.17, 15) is 10.2 Å². The zero-order valence-corrected chi connectivity index (χ0v) is 23.1. The van der Waals surface area contributed by atoms with Gasteiger partial charge in [-0.15, -0.1) is 0 Å². The second-order valence-corrected chi connectivity index (χ2v) is 14.7. The molecule has 5 fully saturated rings. The number of ether oxygens (including phenoxy) is 1. The second kappa shape index (κ2) is 8.17. The highest BCUT2D eigenvalue weighted by molar-refractivity contribution is 5.20. The van der Waals surface area contributed by atoms with Crippen LogP contribution in [0.2, 0.25) is 0 Å². The summed E-state index contributed by atoms with van der Waals surface area (Å²) in [4.78, 5) is 0. The van der Waals surface area contributed by atoms with E-state index >= 15 is 0 Å². The Labute approximate surface area is 209 Å². The molecule has 4 nitrogen and oxygen atoms in total. The van der Waals surface area contributed by atoms with Crippen LogP contribution in [0.4, 0.5) is 0 Å². The lowest BCUT2D eigenvalue weighted by molar-refractivity contribution is -0.267. The van der Waals surface area contributed by atoms with E-state index < -0.39 is 0 Å². The minimum absolute atomic E-state index is 0.0154. The van der Waals surface area contributed by atoms with Gasteiger partial charge >= 0.3 is 0 Å². The maximum absolute atomic E-state index is 10.9. The molecular formula is C30H53NO3. The van der Waals surface area contributed by atoms with Crippen molar-refractivity contribution in [1.29, 1.82) is 0 Å². The van der Waals surface area contributed by atoms with Crippen LogP contribution in [0.15, 0.2) is 0 Å². The quantitative estimate of drug-likeness (QED) is 0.453. The van der Waals surface area contributed by atoms with E-state index in [4.69, 9.17) is 4.74 Å². The van der Waals surface area contributed by atoms with E-state index in [1.807, 2.05) is 0 Å². The summed E-state index contributed by atoms with van der Waals surface area (Å²) in [5.74, 6) is 3.18. The smallest absolute Gasteiger partial charge is 0.144 e. The molecule has 0 aliphatic heterocycles. The van der Waals surface area contributed by atoms with E-state index in [0.29, 0.717) is 46.0 Å². The molecule has 0 amide bonds. The molecule has 0 aromatic carbocycles. The maximum Gasteiger partial charge on any atom is 0.144 e. The Balaban J connectivity index is 1.53. The Morgan fingerprint density at radius 3 is 2.26 bits per heavy atom. The van der Waals surface area contributed by atoms with Gasteiger partial charge in [-0.3, -0.25) is 0 Å². The first-order valence-electron chi connectivity index (χ1n) is 14.5. The molecule has 0 spiro atoms. The fourth-order valence-corrected chi connectivity index (χ4v) is 11.7. The van der Waals surface area contributed by atoms with E-state index in [0.717, 1.165) is 25.2 Å². The summed E-state index contributed by atoms with van der Waals surface area (Å²) in [7, 11) is 2.11. The molecule has 3 N–H and O–H groups in total. The SMILES string of the molecule is CNC(C)C1CCC2(OCO)CCC3(C)C(CCC4[C@@]5(C)CCC(O)C(C)(C)C5CC[C@]43C)C12. The summed E-state index contributed by atoms with van der Waals surface area (Å²) < 4.78 is 6.33. The fourth-order valence-electron chi connectivity index (χ4n) is 11.7. The summed E-state index contributed by atoms with van der Waals surface area (Å²) in [5, 5.41) is 24.4. The standard InChI is InChI=1S/C30H53NO3/c1-19(31-7)20-10-15-30(34-18-32)17-16-28(5)21(25(20)30)8-9-23-27(4)13-12-24(33)26(2,3)22(27)11-14-29(23,28)6/h19-25,31-33H,8-18H2,1-7H3/t19?,20?,21?,22?,23?,24?,25?,27-,28?,29+,30?/m0/s1. The van der Waals surface area contributed by atoms with Crippen LogP contribution in [0.25, 0.3) is 0 Å². The van der Waals surface area contributed by atoms with Crippen LogP contribution < -0.4 is 5.32 Å². The number of hydrogen-bond donors (Lipinski definition) is 3. The Kier molecular flexibility index (Phi) is 6.12. The van der Waals surface area contributed by atoms with Gasteiger partial charge in [0.2, 0.25) is 0 Å². The molecule has 5 aliphatic carbocycles. The van der Waals surface area contributed by atoms with Crippen molar-refractivity contribution in [1.82, 2.24) is 5.32 Å². The van der Waals surface area contributed by atoms with Crippen molar-refractivity contribution >= 4 is 0 Å². The van der Waals surface area contributed by atoms with E-state index in [-0.39, 0.29) is 23.9 Å². The molecule has 11 atom stereocenters. The van der Waals surface area contributed by atoms with Gasteiger partial charge in [0, 0.05) is 6.04 Å². The number of fused-ring (bicyclic) bond motifs is 7. The Morgan fingerprint density at radius 2 is 1.59 bits per heavy atom. The summed E-state index contributed by atoms with van der Waals surface area (Å²) in [6, 6.07) is 0.482. The second-order valence-electron chi connectivity index (χ2n) is 14.7. The molecule has 0 aromatic rings. The van der Waals surface area contributed by atoms with E-state index in [1.165, 1.54) is 44.9 Å². The molecule has 5 rings (SSSR count). The highest BCUT2D eigenvalue weighted by Gasteiger charge is 2.71. The first kappa shape index (κ1) is 25.5. The third kappa shape index (κ3) is 3.10. The number of rotatable bonds is 4. The molecule has 196 valence electrons. The third-order valence-corrected chi connectivity index (χ3v) is 13.8.